The second-order valence-corrected chi connectivity index (χ2v) is 12.9. The van der Waals surface area contributed by atoms with Crippen LogP contribution in [0.2, 0.25) is 0 Å². The summed E-state index contributed by atoms with van der Waals surface area (Å²) in [5, 5.41) is 21.6. The van der Waals surface area contributed by atoms with Crippen LogP contribution in [-0.4, -0.2) is 41.5 Å². The fourth-order valence-corrected chi connectivity index (χ4v) is 8.56. The van der Waals surface area contributed by atoms with Crippen LogP contribution in [0.25, 0.3) is 0 Å². The van der Waals surface area contributed by atoms with Gasteiger partial charge >= 0.3 is 0 Å². The lowest BCUT2D eigenvalue weighted by atomic mass is 9.48. The van der Waals surface area contributed by atoms with Crippen molar-refractivity contribution in [3.8, 4) is 11.5 Å². The molecule has 0 spiro atoms. The van der Waals surface area contributed by atoms with Crippen molar-refractivity contribution in [3.63, 3.8) is 0 Å². The van der Waals surface area contributed by atoms with E-state index in [1.807, 2.05) is 25.4 Å². The van der Waals surface area contributed by atoms with Gasteiger partial charge in [-0.3, -0.25) is 4.99 Å². The molecule has 2 N–H and O–H groups in total. The Balaban J connectivity index is 1.26. The molecule has 0 amide bonds. The van der Waals surface area contributed by atoms with Crippen LogP contribution in [0.15, 0.2) is 38.2 Å². The number of halogens is 2. The summed E-state index contributed by atoms with van der Waals surface area (Å²) in [5.41, 5.74) is 4.28. The van der Waals surface area contributed by atoms with E-state index in [-0.39, 0.29) is 11.2 Å². The third kappa shape index (κ3) is 4.83. The van der Waals surface area contributed by atoms with Gasteiger partial charge in [0.25, 0.3) is 0 Å². The lowest BCUT2D eigenvalue weighted by Gasteiger charge is -2.57. The molecule has 0 heterocycles. The summed E-state index contributed by atoms with van der Waals surface area (Å²) in [7, 11) is 2.03. The first kappa shape index (κ1) is 24.3. The number of aromatic hydroxyl groups is 2. The van der Waals surface area contributed by atoms with E-state index in [2.05, 4.69) is 60.8 Å². The molecule has 4 aliphatic rings. The number of phenols is 2. The highest BCUT2D eigenvalue weighted by atomic mass is 79.9. The van der Waals surface area contributed by atoms with Gasteiger partial charge in [0, 0.05) is 40.5 Å². The molecule has 0 aliphatic heterocycles. The van der Waals surface area contributed by atoms with Crippen molar-refractivity contribution < 1.29 is 10.2 Å². The van der Waals surface area contributed by atoms with Gasteiger partial charge in [0.05, 0.1) is 11.0 Å². The molecule has 4 bridgehead atoms. The minimum atomic E-state index is 0.174. The van der Waals surface area contributed by atoms with Crippen LogP contribution in [0.3, 0.4) is 0 Å². The molecule has 0 saturated heterocycles. The highest BCUT2D eigenvalue weighted by molar-refractivity contribution is 9.11. The number of benzene rings is 2. The minimum absolute atomic E-state index is 0.174. The van der Waals surface area contributed by atoms with Gasteiger partial charge in [0.2, 0.25) is 0 Å². The molecule has 0 atom stereocenters. The number of phenolic OH excluding ortho intramolecular Hbond substituents is 2. The Kier molecular flexibility index (Phi) is 6.86. The fraction of sp³-hybridized carbons (Fsp3) is 0.536. The summed E-state index contributed by atoms with van der Waals surface area (Å²) in [5.74, 6) is 3.28. The molecule has 34 heavy (non-hydrogen) atoms. The van der Waals surface area contributed by atoms with Crippen molar-refractivity contribution in [3.05, 3.63) is 55.5 Å². The van der Waals surface area contributed by atoms with Gasteiger partial charge in [-0.2, -0.15) is 0 Å². The van der Waals surface area contributed by atoms with Gasteiger partial charge in [0.1, 0.15) is 11.5 Å². The van der Waals surface area contributed by atoms with Gasteiger partial charge in [-0.25, -0.2) is 0 Å². The van der Waals surface area contributed by atoms with Crippen LogP contribution in [0.1, 0.15) is 60.8 Å². The molecular weight excluding hydrogens is 556 g/mol. The number of nitrogens with zero attached hydrogens (tertiary/aromatic N) is 2. The summed E-state index contributed by atoms with van der Waals surface area (Å²) in [6.07, 6.45) is 9.81. The van der Waals surface area contributed by atoms with E-state index < -0.39 is 0 Å². The normalized spacial score (nSPS) is 27.9. The Labute approximate surface area is 219 Å². The Morgan fingerprint density at radius 3 is 2.29 bits per heavy atom. The van der Waals surface area contributed by atoms with Gasteiger partial charge in [-0.15, -0.1) is 0 Å². The van der Waals surface area contributed by atoms with Gasteiger partial charge in [-0.05, 0) is 115 Å². The first-order valence-electron chi connectivity index (χ1n) is 12.4. The van der Waals surface area contributed by atoms with Crippen LogP contribution >= 0.6 is 31.9 Å². The average molecular weight is 590 g/mol. The molecule has 2 aromatic rings. The van der Waals surface area contributed by atoms with E-state index in [4.69, 9.17) is 0 Å². The zero-order valence-corrected chi connectivity index (χ0v) is 23.2. The van der Waals surface area contributed by atoms with E-state index in [1.165, 1.54) is 49.7 Å². The number of hydrogen-bond acceptors (Lipinski definition) is 4. The van der Waals surface area contributed by atoms with Crippen molar-refractivity contribution in [1.29, 1.82) is 0 Å². The lowest BCUT2D eigenvalue weighted by molar-refractivity contribution is -0.00616. The van der Waals surface area contributed by atoms with E-state index >= 15 is 0 Å². The maximum absolute atomic E-state index is 11.3. The predicted molar refractivity (Wildman–Crippen MR) is 145 cm³/mol. The topological polar surface area (TPSA) is 56.1 Å². The Hall–Kier alpha value is -1.37. The molecule has 6 rings (SSSR count). The first-order chi connectivity index (χ1) is 16.2. The number of aryl methyl sites for hydroxylation is 1. The van der Waals surface area contributed by atoms with E-state index in [0.29, 0.717) is 23.3 Å². The molecule has 6 heteroatoms. The maximum atomic E-state index is 11.3. The third-order valence-electron chi connectivity index (χ3n) is 8.28. The standard InChI is InChI=1S/C28H34Br2N2O2/c1-17-5-21(15-31-3-4-32(2)16-22-10-23(29)11-25(30)27(22)34)26(33)24(6-17)28-12-18-7-19(13-28)9-20(8-18)14-28/h5-6,10-11,15,18-20,33-34H,3-4,7-9,12-14,16H2,1-2H3. The van der Waals surface area contributed by atoms with Crippen molar-refractivity contribution in [1.82, 2.24) is 4.90 Å². The van der Waals surface area contributed by atoms with Gasteiger partial charge in [0.15, 0.2) is 0 Å². The molecule has 0 aromatic heterocycles. The van der Waals surface area contributed by atoms with Crippen molar-refractivity contribution >= 4 is 38.1 Å². The largest absolute Gasteiger partial charge is 0.507 e. The maximum Gasteiger partial charge on any atom is 0.134 e. The van der Waals surface area contributed by atoms with E-state index in [0.717, 1.165) is 39.9 Å². The second kappa shape index (κ2) is 9.59. The SMILES string of the molecule is Cc1cc(C=NCCN(C)Cc2cc(Br)cc(Br)c2O)c(O)c(C23CC4CC(CC(C4)C2)C3)c1. The minimum Gasteiger partial charge on any atom is -0.507 e. The summed E-state index contributed by atoms with van der Waals surface area (Å²) < 4.78 is 1.62. The quantitative estimate of drug-likeness (QED) is 0.344. The zero-order chi connectivity index (χ0) is 24.0. The molecule has 4 fully saturated rings. The highest BCUT2D eigenvalue weighted by Gasteiger charge is 2.52. The number of rotatable bonds is 7. The zero-order valence-electron chi connectivity index (χ0n) is 20.0. The molecule has 4 saturated carbocycles. The second-order valence-electron chi connectivity index (χ2n) is 11.1. The highest BCUT2D eigenvalue weighted by Crippen LogP contribution is 2.62. The van der Waals surface area contributed by atoms with Crippen LogP contribution in [-0.2, 0) is 12.0 Å². The van der Waals surface area contributed by atoms with Crippen LogP contribution in [0.5, 0.6) is 11.5 Å². The average Bonchev–Trinajstić information content (AvgIpc) is 2.75. The Bertz CT molecular complexity index is 1080. The van der Waals surface area contributed by atoms with Crippen molar-refractivity contribution in [2.24, 2.45) is 22.7 Å². The number of hydrogen-bond donors (Lipinski definition) is 2. The molecule has 0 radical (unpaired) electrons. The molecular formula is C28H34Br2N2O2. The lowest BCUT2D eigenvalue weighted by Crippen LogP contribution is -2.48. The van der Waals surface area contributed by atoms with Crippen LogP contribution in [0, 0.1) is 24.7 Å². The molecule has 2 aromatic carbocycles. The molecule has 182 valence electrons. The molecule has 0 unspecified atom stereocenters. The third-order valence-corrected chi connectivity index (χ3v) is 9.34. The molecule has 4 nitrogen and oxygen atoms in total. The van der Waals surface area contributed by atoms with Crippen LogP contribution < -0.4 is 0 Å². The van der Waals surface area contributed by atoms with E-state index in [1.54, 1.807) is 0 Å². The number of aliphatic imine (C=N–C) groups is 1. The Morgan fingerprint density at radius 2 is 1.65 bits per heavy atom. The first-order valence-corrected chi connectivity index (χ1v) is 14.0. The molecule has 4 aliphatic carbocycles. The predicted octanol–water partition coefficient (Wildman–Crippen LogP) is 6.95. The monoisotopic (exact) mass is 588 g/mol. The summed E-state index contributed by atoms with van der Waals surface area (Å²) in [6, 6.07) is 8.09. The number of likely N-dealkylation sites (N-methyl/N-ethyl adjacent to an activating group) is 1. The van der Waals surface area contributed by atoms with Crippen molar-refractivity contribution in [2.75, 3.05) is 20.1 Å². The summed E-state index contributed by atoms with van der Waals surface area (Å²) >= 11 is 6.89. The van der Waals surface area contributed by atoms with Gasteiger partial charge < -0.3 is 15.1 Å². The smallest absolute Gasteiger partial charge is 0.134 e. The summed E-state index contributed by atoms with van der Waals surface area (Å²) in [4.78, 5) is 6.80. The van der Waals surface area contributed by atoms with Gasteiger partial charge in [-0.1, -0.05) is 22.0 Å². The van der Waals surface area contributed by atoms with E-state index in [9.17, 15) is 10.2 Å². The fourth-order valence-electron chi connectivity index (χ4n) is 7.25. The summed E-state index contributed by atoms with van der Waals surface area (Å²) in [6.45, 7) is 4.16. The van der Waals surface area contributed by atoms with Crippen LogP contribution in [0.4, 0.5) is 0 Å². The Morgan fingerprint density at radius 1 is 1.00 bits per heavy atom. The van der Waals surface area contributed by atoms with Crippen molar-refractivity contribution in [2.45, 2.75) is 57.4 Å².